The topological polar surface area (TPSA) is 65.2 Å². The molecule has 1 heterocycles. The van der Waals surface area contributed by atoms with Gasteiger partial charge in [-0.25, -0.2) is 18.6 Å². The minimum atomic E-state index is -1.02. The molecule has 0 bridgehead atoms. The number of hydrogen-bond donors (Lipinski definition) is 1. The Morgan fingerprint density at radius 2 is 2.22 bits per heavy atom. The van der Waals surface area contributed by atoms with E-state index in [4.69, 9.17) is 10.5 Å². The number of thiazole rings is 1. The van der Waals surface area contributed by atoms with Crippen LogP contribution in [0.2, 0.25) is 0 Å². The van der Waals surface area contributed by atoms with E-state index in [1.807, 2.05) is 0 Å². The molecule has 0 aliphatic rings. The molecule has 0 aliphatic carbocycles. The number of carbonyl (C=O) groups excluding carboxylic acids is 1. The summed E-state index contributed by atoms with van der Waals surface area (Å²) in [5.41, 5.74) is 5.37. The van der Waals surface area contributed by atoms with Crippen molar-refractivity contribution in [3.63, 3.8) is 0 Å². The van der Waals surface area contributed by atoms with Crippen LogP contribution in [0.5, 0.6) is 0 Å². The van der Waals surface area contributed by atoms with Crippen molar-refractivity contribution in [2.75, 3.05) is 5.73 Å². The molecular formula is C11H8F2N2O2S. The fraction of sp³-hybridized carbons (Fsp3) is 0.0909. The number of carbonyl (C=O) groups is 1. The first kappa shape index (κ1) is 12.4. The SMILES string of the molecule is Nc1nc(C(=O)OCc2cccc(F)c2F)cs1. The number of hydrogen-bond acceptors (Lipinski definition) is 5. The molecule has 0 saturated heterocycles. The average Bonchev–Trinajstić information content (AvgIpc) is 2.77. The zero-order valence-corrected chi connectivity index (χ0v) is 9.84. The lowest BCUT2D eigenvalue weighted by Gasteiger charge is -2.04. The van der Waals surface area contributed by atoms with E-state index in [-0.39, 0.29) is 23.0 Å². The van der Waals surface area contributed by atoms with Crippen molar-refractivity contribution >= 4 is 22.4 Å². The van der Waals surface area contributed by atoms with E-state index < -0.39 is 17.6 Å². The van der Waals surface area contributed by atoms with Crippen molar-refractivity contribution in [2.45, 2.75) is 6.61 Å². The minimum absolute atomic E-state index is 0.0356. The van der Waals surface area contributed by atoms with Crippen molar-refractivity contribution in [3.05, 3.63) is 46.5 Å². The number of rotatable bonds is 3. The van der Waals surface area contributed by atoms with Crippen molar-refractivity contribution in [1.29, 1.82) is 0 Å². The Morgan fingerprint density at radius 1 is 1.44 bits per heavy atom. The van der Waals surface area contributed by atoms with Gasteiger partial charge in [-0.05, 0) is 6.07 Å². The van der Waals surface area contributed by atoms with Crippen LogP contribution in [0, 0.1) is 11.6 Å². The molecule has 7 heteroatoms. The zero-order chi connectivity index (χ0) is 13.1. The van der Waals surface area contributed by atoms with Gasteiger partial charge in [0.1, 0.15) is 6.61 Å². The predicted molar refractivity (Wildman–Crippen MR) is 62.0 cm³/mol. The zero-order valence-electron chi connectivity index (χ0n) is 9.02. The highest BCUT2D eigenvalue weighted by Crippen LogP contribution is 2.15. The Balaban J connectivity index is 2.04. The van der Waals surface area contributed by atoms with Gasteiger partial charge in [0.15, 0.2) is 22.5 Å². The summed E-state index contributed by atoms with van der Waals surface area (Å²) in [6, 6.07) is 3.66. The Hall–Kier alpha value is -2.02. The maximum atomic E-state index is 13.3. The first-order valence-electron chi connectivity index (χ1n) is 4.89. The lowest BCUT2D eigenvalue weighted by molar-refractivity contribution is 0.0462. The summed E-state index contributed by atoms with van der Waals surface area (Å²) in [5.74, 6) is -2.74. The number of halogens is 2. The Morgan fingerprint density at radius 3 is 2.89 bits per heavy atom. The van der Waals surface area contributed by atoms with Gasteiger partial charge in [-0.2, -0.15) is 0 Å². The van der Waals surface area contributed by atoms with Gasteiger partial charge < -0.3 is 10.5 Å². The van der Waals surface area contributed by atoms with E-state index in [0.29, 0.717) is 0 Å². The third-order valence-electron chi connectivity index (χ3n) is 2.12. The fourth-order valence-corrected chi connectivity index (χ4v) is 1.79. The van der Waals surface area contributed by atoms with E-state index in [2.05, 4.69) is 4.98 Å². The van der Waals surface area contributed by atoms with Crippen LogP contribution in [0.4, 0.5) is 13.9 Å². The van der Waals surface area contributed by atoms with Gasteiger partial charge in [0.05, 0.1) is 0 Å². The van der Waals surface area contributed by atoms with Crippen LogP contribution in [0.1, 0.15) is 16.1 Å². The summed E-state index contributed by atoms with van der Waals surface area (Å²) in [6.45, 7) is -0.361. The molecule has 0 saturated carbocycles. The van der Waals surface area contributed by atoms with Crippen LogP contribution >= 0.6 is 11.3 Å². The molecule has 2 rings (SSSR count). The van der Waals surface area contributed by atoms with Gasteiger partial charge in [0.2, 0.25) is 0 Å². The molecule has 1 aromatic carbocycles. The lowest BCUT2D eigenvalue weighted by atomic mass is 10.2. The number of aromatic nitrogens is 1. The molecule has 0 atom stereocenters. The van der Waals surface area contributed by atoms with Crippen LogP contribution < -0.4 is 5.73 Å². The smallest absolute Gasteiger partial charge is 0.358 e. The minimum Gasteiger partial charge on any atom is -0.456 e. The number of nitrogens with two attached hydrogens (primary N) is 1. The molecule has 4 nitrogen and oxygen atoms in total. The monoisotopic (exact) mass is 270 g/mol. The van der Waals surface area contributed by atoms with Gasteiger partial charge in [-0.1, -0.05) is 12.1 Å². The van der Waals surface area contributed by atoms with E-state index in [1.165, 1.54) is 17.5 Å². The third kappa shape index (κ3) is 2.62. The summed E-state index contributed by atoms with van der Waals surface area (Å²) in [5, 5.41) is 1.67. The van der Waals surface area contributed by atoms with Gasteiger partial charge in [0, 0.05) is 10.9 Å². The van der Waals surface area contributed by atoms with Gasteiger partial charge in [-0.3, -0.25) is 0 Å². The summed E-state index contributed by atoms with van der Waals surface area (Å²) < 4.78 is 31.0. The second-order valence-electron chi connectivity index (χ2n) is 3.36. The van der Waals surface area contributed by atoms with E-state index in [9.17, 15) is 13.6 Å². The molecule has 0 spiro atoms. The van der Waals surface area contributed by atoms with Crippen molar-refractivity contribution in [2.24, 2.45) is 0 Å². The average molecular weight is 270 g/mol. The predicted octanol–water partition coefficient (Wildman–Crippen LogP) is 2.36. The largest absolute Gasteiger partial charge is 0.456 e. The molecule has 94 valence electrons. The van der Waals surface area contributed by atoms with Gasteiger partial charge >= 0.3 is 5.97 Å². The third-order valence-corrected chi connectivity index (χ3v) is 2.80. The number of nitrogen functional groups attached to an aromatic ring is 1. The second-order valence-corrected chi connectivity index (χ2v) is 4.25. The second kappa shape index (κ2) is 5.09. The molecule has 18 heavy (non-hydrogen) atoms. The maximum Gasteiger partial charge on any atom is 0.358 e. The van der Waals surface area contributed by atoms with Crippen molar-refractivity contribution in [1.82, 2.24) is 4.98 Å². The quantitative estimate of drug-likeness (QED) is 0.869. The molecule has 0 amide bonds. The van der Waals surface area contributed by atoms with Crippen LogP contribution in [-0.4, -0.2) is 11.0 Å². The lowest BCUT2D eigenvalue weighted by Crippen LogP contribution is -2.07. The molecule has 0 unspecified atom stereocenters. The van der Waals surface area contributed by atoms with Gasteiger partial charge in [-0.15, -0.1) is 11.3 Å². The van der Waals surface area contributed by atoms with E-state index >= 15 is 0 Å². The highest BCUT2D eigenvalue weighted by atomic mass is 32.1. The van der Waals surface area contributed by atoms with E-state index in [1.54, 1.807) is 0 Å². The highest BCUT2D eigenvalue weighted by Gasteiger charge is 2.13. The van der Waals surface area contributed by atoms with Crippen LogP contribution in [0.25, 0.3) is 0 Å². The normalized spacial score (nSPS) is 10.3. The first-order valence-corrected chi connectivity index (χ1v) is 5.77. The highest BCUT2D eigenvalue weighted by molar-refractivity contribution is 7.13. The van der Waals surface area contributed by atoms with Crippen LogP contribution in [0.15, 0.2) is 23.6 Å². The number of esters is 1. The first-order chi connectivity index (χ1) is 8.58. The summed E-state index contributed by atoms with van der Waals surface area (Å²) >= 11 is 1.09. The molecule has 1 aromatic heterocycles. The number of ether oxygens (including phenoxy) is 1. The standard InChI is InChI=1S/C11H8F2N2O2S/c12-7-3-1-2-6(9(7)13)4-17-10(16)8-5-18-11(14)15-8/h1-3,5H,4H2,(H2,14,15). The van der Waals surface area contributed by atoms with Crippen LogP contribution in [-0.2, 0) is 11.3 Å². The Bertz CT molecular complexity index is 586. The molecule has 0 fully saturated rings. The van der Waals surface area contributed by atoms with Gasteiger partial charge in [0.25, 0.3) is 0 Å². The number of nitrogens with zero attached hydrogens (tertiary/aromatic N) is 1. The van der Waals surface area contributed by atoms with Crippen molar-refractivity contribution < 1.29 is 18.3 Å². The van der Waals surface area contributed by atoms with Crippen LogP contribution in [0.3, 0.4) is 0 Å². The Kier molecular flexibility index (Phi) is 3.52. The summed E-state index contributed by atoms with van der Waals surface area (Å²) in [7, 11) is 0. The summed E-state index contributed by atoms with van der Waals surface area (Å²) in [4.78, 5) is 15.2. The molecular weight excluding hydrogens is 262 g/mol. The van der Waals surface area contributed by atoms with E-state index in [0.717, 1.165) is 17.4 Å². The fourth-order valence-electron chi connectivity index (χ4n) is 1.26. The van der Waals surface area contributed by atoms with Crippen molar-refractivity contribution in [3.8, 4) is 0 Å². The number of anilines is 1. The Labute approximate surface area is 105 Å². The molecule has 2 aromatic rings. The molecule has 2 N–H and O–H groups in total. The summed E-state index contributed by atoms with van der Waals surface area (Å²) in [6.07, 6.45) is 0. The number of benzene rings is 1. The maximum absolute atomic E-state index is 13.3. The molecule has 0 radical (unpaired) electrons. The molecule has 0 aliphatic heterocycles.